The van der Waals surface area contributed by atoms with E-state index in [9.17, 15) is 8.42 Å². The molecule has 0 amide bonds. The van der Waals surface area contributed by atoms with E-state index in [4.69, 9.17) is 26.1 Å². The molecule has 6 rings (SSSR count). The first-order valence-electron chi connectivity index (χ1n) is 14.7. The number of aromatic nitrogens is 4. The van der Waals surface area contributed by atoms with Crippen molar-refractivity contribution < 1.29 is 17.9 Å². The van der Waals surface area contributed by atoms with Gasteiger partial charge in [0.25, 0.3) is 0 Å². The first-order chi connectivity index (χ1) is 20.7. The van der Waals surface area contributed by atoms with Gasteiger partial charge in [0.1, 0.15) is 23.7 Å². The Bertz CT molecular complexity index is 1700. The van der Waals surface area contributed by atoms with Crippen LogP contribution in [0.1, 0.15) is 24.7 Å². The van der Waals surface area contributed by atoms with Gasteiger partial charge < -0.3 is 24.3 Å². The summed E-state index contributed by atoms with van der Waals surface area (Å²) in [6.45, 7) is 11.7. The van der Waals surface area contributed by atoms with Crippen LogP contribution < -0.4 is 10.1 Å². The van der Waals surface area contributed by atoms with Gasteiger partial charge in [-0.25, -0.2) is 18.4 Å². The highest BCUT2D eigenvalue weighted by atomic mass is 35.5. The van der Waals surface area contributed by atoms with Crippen molar-refractivity contribution in [3.05, 3.63) is 52.9 Å². The normalized spacial score (nSPS) is 18.5. The fourth-order valence-corrected chi connectivity index (χ4v) is 7.25. The summed E-state index contributed by atoms with van der Waals surface area (Å²) in [7, 11) is -3.24. The average Bonchev–Trinajstić information content (AvgIpc) is 3.73. The van der Waals surface area contributed by atoms with Crippen molar-refractivity contribution in [2.75, 3.05) is 63.6 Å². The van der Waals surface area contributed by atoms with Crippen molar-refractivity contribution in [3.63, 3.8) is 0 Å². The molecule has 0 aliphatic carbocycles. The Balaban J connectivity index is 1.19. The minimum atomic E-state index is -3.24. The quantitative estimate of drug-likeness (QED) is 0.268. The van der Waals surface area contributed by atoms with Gasteiger partial charge in [0.15, 0.2) is 5.65 Å². The molecule has 0 radical (unpaired) electrons. The number of sulfonamides is 1. The number of imidazole rings is 1. The zero-order valence-corrected chi connectivity index (χ0v) is 26.3. The third kappa shape index (κ3) is 6.25. The average molecular weight is 628 g/mol. The summed E-state index contributed by atoms with van der Waals surface area (Å²) >= 11 is 6.59. The molecule has 2 aliphatic rings. The molecule has 2 saturated heterocycles. The fraction of sp³-hybridized carbons (Fsp3) is 0.467. The first-order valence-corrected chi connectivity index (χ1v) is 16.7. The maximum absolute atomic E-state index is 12.3. The number of H-pyrrole nitrogens is 1. The lowest BCUT2D eigenvalue weighted by Gasteiger charge is -2.26. The molecule has 0 spiro atoms. The topological polar surface area (TPSA) is 118 Å². The SMILES string of the molecule is CCS(=O)(=O)N1CC[C@H](Nc2c(Cl)cnc3nc(-c4cc(C)n(-c5ccc(OCCN6CCOCC6)cc5)c4C)[nH]c23)C1. The number of aromatic amines is 1. The number of pyridine rings is 1. The molecule has 0 bridgehead atoms. The number of ether oxygens (including phenoxy) is 2. The predicted molar refractivity (Wildman–Crippen MR) is 169 cm³/mol. The van der Waals surface area contributed by atoms with E-state index in [-0.39, 0.29) is 11.8 Å². The number of aryl methyl sites for hydroxylation is 1. The third-order valence-electron chi connectivity index (χ3n) is 8.29. The van der Waals surface area contributed by atoms with Crippen LogP contribution in [0.3, 0.4) is 0 Å². The van der Waals surface area contributed by atoms with Crippen LogP contribution in [-0.2, 0) is 14.8 Å². The third-order valence-corrected chi connectivity index (χ3v) is 10.4. The number of nitrogens with zero attached hydrogens (tertiary/aromatic N) is 5. The molecule has 11 nitrogen and oxygen atoms in total. The van der Waals surface area contributed by atoms with E-state index >= 15 is 0 Å². The van der Waals surface area contributed by atoms with Crippen LogP contribution in [0.25, 0.3) is 28.2 Å². The molecule has 13 heteroatoms. The van der Waals surface area contributed by atoms with E-state index in [1.54, 1.807) is 13.1 Å². The van der Waals surface area contributed by atoms with E-state index in [0.29, 0.717) is 53.8 Å². The molecule has 2 N–H and O–H groups in total. The van der Waals surface area contributed by atoms with Crippen molar-refractivity contribution in [2.24, 2.45) is 0 Å². The molecule has 1 aromatic carbocycles. The molecule has 2 fully saturated rings. The van der Waals surface area contributed by atoms with E-state index in [1.807, 2.05) is 12.1 Å². The first kappa shape index (κ1) is 29.9. The van der Waals surface area contributed by atoms with Crippen molar-refractivity contribution in [3.8, 4) is 22.8 Å². The van der Waals surface area contributed by atoms with E-state index in [2.05, 4.69) is 56.8 Å². The van der Waals surface area contributed by atoms with Crippen LogP contribution in [0.15, 0.2) is 36.5 Å². The molecule has 4 aromatic rings. The Labute approximate surface area is 257 Å². The van der Waals surface area contributed by atoms with Gasteiger partial charge in [-0.1, -0.05) is 11.6 Å². The van der Waals surface area contributed by atoms with Gasteiger partial charge in [0.05, 0.1) is 35.9 Å². The Morgan fingerprint density at radius 2 is 1.93 bits per heavy atom. The van der Waals surface area contributed by atoms with Crippen molar-refractivity contribution in [1.82, 2.24) is 28.7 Å². The molecule has 230 valence electrons. The summed E-state index contributed by atoms with van der Waals surface area (Å²) in [4.78, 5) is 15.1. The van der Waals surface area contributed by atoms with Crippen LogP contribution in [0, 0.1) is 13.8 Å². The second-order valence-corrected chi connectivity index (χ2v) is 13.7. The van der Waals surface area contributed by atoms with E-state index in [1.165, 1.54) is 4.31 Å². The summed E-state index contributed by atoms with van der Waals surface area (Å²) in [5.41, 5.74) is 6.03. The van der Waals surface area contributed by atoms with E-state index in [0.717, 1.165) is 61.2 Å². The van der Waals surface area contributed by atoms with Gasteiger partial charge in [-0.15, -0.1) is 0 Å². The summed E-state index contributed by atoms with van der Waals surface area (Å²) in [6.07, 6.45) is 2.28. The number of rotatable bonds is 10. The highest BCUT2D eigenvalue weighted by molar-refractivity contribution is 7.89. The zero-order valence-electron chi connectivity index (χ0n) is 24.8. The molecule has 0 saturated carbocycles. The van der Waals surface area contributed by atoms with Crippen molar-refractivity contribution in [1.29, 1.82) is 0 Å². The maximum atomic E-state index is 12.3. The second kappa shape index (κ2) is 12.4. The number of hydrogen-bond acceptors (Lipinski definition) is 8. The number of halogens is 1. The summed E-state index contributed by atoms with van der Waals surface area (Å²) in [5, 5.41) is 3.92. The number of anilines is 1. The number of nitrogens with one attached hydrogen (secondary N) is 2. The van der Waals surface area contributed by atoms with Crippen molar-refractivity contribution >= 4 is 38.5 Å². The standard InChI is InChI=1S/C30H38ClN7O4S/c1-4-43(39,40)37-10-9-22(19-37)33-27-26(31)18-32-30-28(27)34-29(35-30)25-17-20(2)38(21(25)3)23-5-7-24(8-6-23)42-16-13-36-11-14-41-15-12-36/h5-8,17-18,22H,4,9-16,19H2,1-3H3,(H2,32,33,34,35)/t22-/m0/s1. The summed E-state index contributed by atoms with van der Waals surface area (Å²) in [5.74, 6) is 1.63. The lowest BCUT2D eigenvalue weighted by Crippen LogP contribution is -2.38. The molecular weight excluding hydrogens is 590 g/mol. The van der Waals surface area contributed by atoms with E-state index < -0.39 is 10.0 Å². The Morgan fingerprint density at radius 3 is 2.67 bits per heavy atom. The van der Waals surface area contributed by atoms with Gasteiger partial charge in [-0.2, -0.15) is 4.31 Å². The Hall–Kier alpha value is -3.16. The van der Waals surface area contributed by atoms with Gasteiger partial charge in [0, 0.05) is 61.4 Å². The van der Waals surface area contributed by atoms with Gasteiger partial charge >= 0.3 is 0 Å². The Morgan fingerprint density at radius 1 is 1.16 bits per heavy atom. The highest BCUT2D eigenvalue weighted by Gasteiger charge is 2.31. The predicted octanol–water partition coefficient (Wildman–Crippen LogP) is 4.23. The minimum absolute atomic E-state index is 0.0624. The van der Waals surface area contributed by atoms with Crippen molar-refractivity contribution in [2.45, 2.75) is 33.2 Å². The molecular formula is C30H38ClN7O4S. The molecule has 1 atom stereocenters. The maximum Gasteiger partial charge on any atom is 0.213 e. The number of benzene rings is 1. The van der Waals surface area contributed by atoms with Gasteiger partial charge in [-0.05, 0) is 57.5 Å². The smallest absolute Gasteiger partial charge is 0.213 e. The lowest BCUT2D eigenvalue weighted by atomic mass is 10.2. The lowest BCUT2D eigenvalue weighted by molar-refractivity contribution is 0.0322. The fourth-order valence-electron chi connectivity index (χ4n) is 5.90. The summed E-state index contributed by atoms with van der Waals surface area (Å²) in [6, 6.07) is 10.2. The number of fused-ring (bicyclic) bond motifs is 1. The second-order valence-electron chi connectivity index (χ2n) is 11.1. The molecule has 43 heavy (non-hydrogen) atoms. The minimum Gasteiger partial charge on any atom is -0.492 e. The molecule has 0 unspecified atom stereocenters. The van der Waals surface area contributed by atoms with Crippen LogP contribution in [0.4, 0.5) is 5.69 Å². The largest absolute Gasteiger partial charge is 0.492 e. The number of hydrogen-bond donors (Lipinski definition) is 2. The zero-order chi connectivity index (χ0) is 30.1. The van der Waals surface area contributed by atoms with Gasteiger partial charge in [0.2, 0.25) is 10.0 Å². The monoisotopic (exact) mass is 627 g/mol. The van der Waals surface area contributed by atoms with Crippen LogP contribution in [0.5, 0.6) is 5.75 Å². The highest BCUT2D eigenvalue weighted by Crippen LogP contribution is 2.34. The number of morpholine rings is 1. The molecule has 5 heterocycles. The Kier molecular flexibility index (Phi) is 8.65. The molecule has 3 aromatic heterocycles. The summed E-state index contributed by atoms with van der Waals surface area (Å²) < 4.78 is 39.8. The van der Waals surface area contributed by atoms with Crippen LogP contribution >= 0.6 is 11.6 Å². The van der Waals surface area contributed by atoms with Crippen LogP contribution in [0.2, 0.25) is 5.02 Å². The van der Waals surface area contributed by atoms with Gasteiger partial charge in [-0.3, -0.25) is 4.90 Å². The molecule has 2 aliphatic heterocycles. The van der Waals surface area contributed by atoms with Crippen LogP contribution in [-0.4, -0.2) is 101 Å².